The molecule has 0 bridgehead atoms. The predicted octanol–water partition coefficient (Wildman–Crippen LogP) is 2.31. The van der Waals surface area contributed by atoms with Crippen molar-refractivity contribution in [2.45, 2.75) is 19.5 Å². The van der Waals surface area contributed by atoms with Crippen LogP contribution in [-0.4, -0.2) is 30.2 Å². The highest BCUT2D eigenvalue weighted by Crippen LogP contribution is 2.18. The van der Waals surface area contributed by atoms with E-state index in [0.717, 1.165) is 11.0 Å². The van der Waals surface area contributed by atoms with E-state index in [9.17, 15) is 9.59 Å². The molecule has 1 amide bonds. The van der Waals surface area contributed by atoms with E-state index in [0.29, 0.717) is 17.4 Å². The Morgan fingerprint density at radius 3 is 2.17 bits per heavy atom. The molecule has 3 aromatic rings. The van der Waals surface area contributed by atoms with E-state index in [-0.39, 0.29) is 23.9 Å². The van der Waals surface area contributed by atoms with E-state index in [1.54, 1.807) is 19.2 Å². The maximum absolute atomic E-state index is 12.7. The van der Waals surface area contributed by atoms with Crippen molar-refractivity contribution in [1.29, 1.82) is 0 Å². The summed E-state index contributed by atoms with van der Waals surface area (Å²) in [6, 6.07) is 14.7. The van der Waals surface area contributed by atoms with Gasteiger partial charge in [0.15, 0.2) is 5.43 Å². The molecule has 0 spiro atoms. The molecule has 0 fully saturated rings. The summed E-state index contributed by atoms with van der Waals surface area (Å²) >= 11 is 0. The van der Waals surface area contributed by atoms with Crippen LogP contribution in [0.4, 0.5) is 0 Å². The van der Waals surface area contributed by atoms with Gasteiger partial charge in [-0.25, -0.2) is 0 Å². The van der Waals surface area contributed by atoms with Crippen LogP contribution in [0.25, 0.3) is 21.8 Å². The molecule has 0 aliphatic carbocycles. The Bertz CT molecular complexity index is 886. The molecule has 0 aliphatic rings. The van der Waals surface area contributed by atoms with E-state index in [1.807, 2.05) is 47.9 Å². The van der Waals surface area contributed by atoms with Gasteiger partial charge < -0.3 is 14.6 Å². The van der Waals surface area contributed by atoms with Gasteiger partial charge in [0.1, 0.15) is 6.54 Å². The first-order chi connectivity index (χ1) is 11.6. The van der Waals surface area contributed by atoms with Crippen molar-refractivity contribution in [3.63, 3.8) is 0 Å². The summed E-state index contributed by atoms with van der Waals surface area (Å²) in [7, 11) is 1.60. The lowest BCUT2D eigenvalue weighted by molar-refractivity contribution is -0.122. The van der Waals surface area contributed by atoms with E-state index in [1.165, 1.54) is 0 Å². The molecule has 1 N–H and O–H groups in total. The van der Waals surface area contributed by atoms with Crippen molar-refractivity contribution in [1.82, 2.24) is 9.88 Å². The smallest absolute Gasteiger partial charge is 0.240 e. The van der Waals surface area contributed by atoms with Gasteiger partial charge in [-0.1, -0.05) is 24.3 Å². The van der Waals surface area contributed by atoms with Crippen molar-refractivity contribution >= 4 is 27.7 Å². The molecule has 3 rings (SSSR count). The summed E-state index contributed by atoms with van der Waals surface area (Å²) in [4.78, 5) is 25.1. The fraction of sp³-hybridized carbons (Fsp3) is 0.263. The molecule has 5 nitrogen and oxygen atoms in total. The molecule has 1 atom stereocenters. The molecule has 0 saturated heterocycles. The van der Waals surface area contributed by atoms with E-state index in [4.69, 9.17) is 4.74 Å². The van der Waals surface area contributed by atoms with Crippen LogP contribution in [0.3, 0.4) is 0 Å². The number of benzene rings is 2. The highest BCUT2D eigenvalue weighted by molar-refractivity contribution is 5.94. The van der Waals surface area contributed by atoms with Crippen molar-refractivity contribution < 1.29 is 9.53 Å². The second kappa shape index (κ2) is 6.84. The fourth-order valence-corrected chi connectivity index (χ4v) is 3.00. The summed E-state index contributed by atoms with van der Waals surface area (Å²) in [5, 5.41) is 4.15. The Labute approximate surface area is 139 Å². The standard InChI is InChI=1S/C19H20N2O3/c1-13(12-24-2)20-18(22)11-21-16-9-5-3-7-14(16)19(23)15-8-4-6-10-17(15)21/h3-10,13H,11-12H2,1-2H3,(H,20,22)/t13-/m0/s1. The molecule has 124 valence electrons. The number of methoxy groups -OCH3 is 1. The van der Waals surface area contributed by atoms with Crippen molar-refractivity contribution in [2.75, 3.05) is 13.7 Å². The number of aromatic nitrogens is 1. The number of hydrogen-bond donors (Lipinski definition) is 1. The average molecular weight is 324 g/mol. The predicted molar refractivity (Wildman–Crippen MR) is 95.2 cm³/mol. The quantitative estimate of drug-likeness (QED) is 0.733. The first kappa shape index (κ1) is 16.2. The van der Waals surface area contributed by atoms with Gasteiger partial charge in [-0.2, -0.15) is 0 Å². The minimum atomic E-state index is -0.112. The number of carbonyl (C=O) groups is 1. The van der Waals surface area contributed by atoms with Crippen LogP contribution < -0.4 is 10.7 Å². The summed E-state index contributed by atoms with van der Waals surface area (Å²) in [6.07, 6.45) is 0. The van der Waals surface area contributed by atoms with Crippen LogP contribution in [0.1, 0.15) is 6.92 Å². The molecule has 0 unspecified atom stereocenters. The Morgan fingerprint density at radius 2 is 1.62 bits per heavy atom. The maximum Gasteiger partial charge on any atom is 0.240 e. The second-order valence-corrected chi connectivity index (χ2v) is 5.87. The van der Waals surface area contributed by atoms with Crippen LogP contribution in [0.15, 0.2) is 53.3 Å². The number of pyridine rings is 1. The van der Waals surface area contributed by atoms with Crippen molar-refractivity contribution in [3.05, 3.63) is 58.8 Å². The summed E-state index contributed by atoms with van der Waals surface area (Å²) in [5.41, 5.74) is 1.51. The first-order valence-electron chi connectivity index (χ1n) is 7.90. The van der Waals surface area contributed by atoms with Crippen LogP contribution in [0, 0.1) is 0 Å². The molecule has 2 aromatic carbocycles. The van der Waals surface area contributed by atoms with Gasteiger partial charge >= 0.3 is 0 Å². The van der Waals surface area contributed by atoms with Gasteiger partial charge in [0, 0.05) is 23.9 Å². The molecule has 1 aromatic heterocycles. The highest BCUT2D eigenvalue weighted by Gasteiger charge is 2.13. The number of rotatable bonds is 5. The number of amides is 1. The van der Waals surface area contributed by atoms with Gasteiger partial charge in [0.05, 0.1) is 17.6 Å². The number of ether oxygens (including phenoxy) is 1. The lowest BCUT2D eigenvalue weighted by atomic mass is 10.1. The second-order valence-electron chi connectivity index (χ2n) is 5.87. The van der Waals surface area contributed by atoms with Crippen LogP contribution in [-0.2, 0) is 16.1 Å². The minimum absolute atomic E-state index is 0.00870. The third-order valence-electron chi connectivity index (χ3n) is 4.00. The fourth-order valence-electron chi connectivity index (χ4n) is 3.00. The third kappa shape index (κ3) is 3.03. The minimum Gasteiger partial charge on any atom is -0.383 e. The Hall–Kier alpha value is -2.66. The Kier molecular flexibility index (Phi) is 4.62. The molecule has 24 heavy (non-hydrogen) atoms. The zero-order valence-corrected chi connectivity index (χ0v) is 13.8. The summed E-state index contributed by atoms with van der Waals surface area (Å²) in [5.74, 6) is -0.112. The molecule has 0 radical (unpaired) electrons. The number of carbonyl (C=O) groups excluding carboxylic acids is 1. The number of nitrogens with one attached hydrogen (secondary N) is 1. The molecule has 1 heterocycles. The molecular formula is C19H20N2O3. The summed E-state index contributed by atoms with van der Waals surface area (Å²) in [6.45, 7) is 2.50. The van der Waals surface area contributed by atoms with Gasteiger partial charge in [0.25, 0.3) is 0 Å². The van der Waals surface area contributed by atoms with E-state index in [2.05, 4.69) is 5.32 Å². The van der Waals surface area contributed by atoms with Crippen LogP contribution in [0.2, 0.25) is 0 Å². The third-order valence-corrected chi connectivity index (χ3v) is 4.00. The number of nitrogens with zero attached hydrogens (tertiary/aromatic N) is 1. The van der Waals surface area contributed by atoms with Crippen molar-refractivity contribution in [2.24, 2.45) is 0 Å². The monoisotopic (exact) mass is 324 g/mol. The van der Waals surface area contributed by atoms with Gasteiger partial charge in [-0.05, 0) is 31.2 Å². The summed E-state index contributed by atoms with van der Waals surface area (Å²) < 4.78 is 6.94. The van der Waals surface area contributed by atoms with Gasteiger partial charge in [0.2, 0.25) is 5.91 Å². The highest BCUT2D eigenvalue weighted by atomic mass is 16.5. The van der Waals surface area contributed by atoms with Gasteiger partial charge in [-0.3, -0.25) is 9.59 Å². The molecule has 0 aliphatic heterocycles. The number of hydrogen-bond acceptors (Lipinski definition) is 3. The Balaban J connectivity index is 2.10. The largest absolute Gasteiger partial charge is 0.383 e. The number of fused-ring (bicyclic) bond motifs is 2. The number of para-hydroxylation sites is 2. The normalized spacial score (nSPS) is 12.4. The van der Waals surface area contributed by atoms with Crippen molar-refractivity contribution in [3.8, 4) is 0 Å². The van der Waals surface area contributed by atoms with E-state index < -0.39 is 0 Å². The lowest BCUT2D eigenvalue weighted by Crippen LogP contribution is -2.38. The SMILES string of the molecule is COC[C@H](C)NC(=O)Cn1c2ccccc2c(=O)c2ccccc21. The zero-order chi connectivity index (χ0) is 17.1. The first-order valence-corrected chi connectivity index (χ1v) is 7.90. The maximum atomic E-state index is 12.7. The zero-order valence-electron chi connectivity index (χ0n) is 13.8. The van der Waals surface area contributed by atoms with Gasteiger partial charge in [-0.15, -0.1) is 0 Å². The lowest BCUT2D eigenvalue weighted by Gasteiger charge is -2.17. The Morgan fingerprint density at radius 1 is 1.08 bits per heavy atom. The van der Waals surface area contributed by atoms with Crippen LogP contribution >= 0.6 is 0 Å². The molecule has 5 heteroatoms. The van der Waals surface area contributed by atoms with Crippen LogP contribution in [0.5, 0.6) is 0 Å². The molecule has 0 saturated carbocycles. The average Bonchev–Trinajstić information content (AvgIpc) is 2.59. The molecular weight excluding hydrogens is 304 g/mol. The van der Waals surface area contributed by atoms with E-state index >= 15 is 0 Å². The topological polar surface area (TPSA) is 60.3 Å².